The average Bonchev–Trinajstić information content (AvgIpc) is 3.22. The number of aromatic amines is 1. The van der Waals surface area contributed by atoms with Crippen molar-refractivity contribution >= 4 is 23.2 Å². The van der Waals surface area contributed by atoms with Crippen molar-refractivity contribution in [1.82, 2.24) is 4.98 Å². The number of rotatable bonds is 7. The second-order valence-corrected chi connectivity index (χ2v) is 10.2. The normalized spacial score (nSPS) is 11.6. The summed E-state index contributed by atoms with van der Waals surface area (Å²) in [4.78, 5) is 28.1. The SMILES string of the molecule is CCOC(=O)c1[nH]c2ccc(-c3ccc(C(C)(C)C)cc3)c(-c3ccc(OC(C)C)cc3)c2c1C=O. The number of ether oxygens (including phenoxy) is 2. The van der Waals surface area contributed by atoms with Crippen molar-refractivity contribution < 1.29 is 19.1 Å². The van der Waals surface area contributed by atoms with Crippen molar-refractivity contribution in [2.75, 3.05) is 6.61 Å². The maximum Gasteiger partial charge on any atom is 0.355 e. The number of aromatic nitrogens is 1. The van der Waals surface area contributed by atoms with Crippen LogP contribution in [0.25, 0.3) is 33.2 Å². The lowest BCUT2D eigenvalue weighted by molar-refractivity contribution is 0.0518. The molecular weight excluding hydrogens is 450 g/mol. The van der Waals surface area contributed by atoms with Gasteiger partial charge in [-0.15, -0.1) is 0 Å². The Bertz CT molecular complexity index is 1390. The Labute approximate surface area is 212 Å². The number of carbonyl (C=O) groups is 2. The molecule has 5 heteroatoms. The molecule has 1 heterocycles. The van der Waals surface area contributed by atoms with Crippen LogP contribution in [0.4, 0.5) is 0 Å². The fraction of sp³-hybridized carbons (Fsp3) is 0.290. The largest absolute Gasteiger partial charge is 0.491 e. The average molecular weight is 484 g/mol. The number of fused-ring (bicyclic) bond motifs is 1. The number of aldehydes is 1. The van der Waals surface area contributed by atoms with Crippen LogP contribution in [0.5, 0.6) is 5.75 Å². The van der Waals surface area contributed by atoms with Crippen LogP contribution in [0.1, 0.15) is 68.0 Å². The minimum Gasteiger partial charge on any atom is -0.491 e. The summed E-state index contributed by atoms with van der Waals surface area (Å²) in [7, 11) is 0. The van der Waals surface area contributed by atoms with E-state index in [1.807, 2.05) is 50.2 Å². The number of hydrogen-bond donors (Lipinski definition) is 1. The van der Waals surface area contributed by atoms with Crippen molar-refractivity contribution in [2.45, 2.75) is 53.1 Å². The molecule has 4 aromatic rings. The van der Waals surface area contributed by atoms with E-state index in [0.29, 0.717) is 16.5 Å². The molecule has 0 bridgehead atoms. The van der Waals surface area contributed by atoms with Crippen molar-refractivity contribution in [3.05, 3.63) is 77.5 Å². The van der Waals surface area contributed by atoms with Crippen LogP contribution in [-0.2, 0) is 10.2 Å². The summed E-state index contributed by atoms with van der Waals surface area (Å²) in [6, 6.07) is 20.3. The Morgan fingerprint density at radius 3 is 2.14 bits per heavy atom. The van der Waals surface area contributed by atoms with Gasteiger partial charge in [-0.05, 0) is 72.2 Å². The van der Waals surface area contributed by atoms with Crippen LogP contribution in [0.15, 0.2) is 60.7 Å². The molecule has 4 rings (SSSR count). The summed E-state index contributed by atoms with van der Waals surface area (Å²) in [6.07, 6.45) is 0.798. The summed E-state index contributed by atoms with van der Waals surface area (Å²) >= 11 is 0. The van der Waals surface area contributed by atoms with E-state index >= 15 is 0 Å². The molecule has 0 saturated carbocycles. The molecule has 0 amide bonds. The molecule has 0 atom stereocenters. The predicted octanol–water partition coefficient (Wildman–Crippen LogP) is 7.58. The van der Waals surface area contributed by atoms with Crippen LogP contribution < -0.4 is 4.74 Å². The van der Waals surface area contributed by atoms with Crippen LogP contribution in [0.2, 0.25) is 0 Å². The Kier molecular flexibility index (Phi) is 7.02. The smallest absolute Gasteiger partial charge is 0.355 e. The first kappa shape index (κ1) is 25.2. The molecule has 0 aliphatic rings. The standard InChI is InChI=1S/C31H33NO4/c1-7-35-30(34)29-25(18-33)28-26(32-29)17-16-24(20-8-12-22(13-9-20)31(4,5)6)27(28)21-10-14-23(15-11-21)36-19(2)3/h8-19,32H,7H2,1-6H3. The zero-order valence-electron chi connectivity index (χ0n) is 21.8. The molecule has 0 fully saturated rings. The predicted molar refractivity (Wildman–Crippen MR) is 145 cm³/mol. The van der Waals surface area contributed by atoms with Gasteiger partial charge in [-0.25, -0.2) is 4.79 Å². The van der Waals surface area contributed by atoms with Crippen LogP contribution in [-0.4, -0.2) is 30.0 Å². The first-order chi connectivity index (χ1) is 17.1. The summed E-state index contributed by atoms with van der Waals surface area (Å²) in [6.45, 7) is 12.5. The molecule has 186 valence electrons. The third-order valence-corrected chi connectivity index (χ3v) is 6.18. The molecule has 5 nitrogen and oxygen atoms in total. The van der Waals surface area contributed by atoms with E-state index < -0.39 is 5.97 Å². The lowest BCUT2D eigenvalue weighted by Gasteiger charge is -2.20. The van der Waals surface area contributed by atoms with Crippen LogP contribution >= 0.6 is 0 Å². The number of carbonyl (C=O) groups excluding carboxylic acids is 2. The summed E-state index contributed by atoms with van der Waals surface area (Å²) in [5, 5.41) is 0.697. The van der Waals surface area contributed by atoms with Gasteiger partial charge in [0.15, 0.2) is 6.29 Å². The Hall–Kier alpha value is -3.86. The highest BCUT2D eigenvalue weighted by molar-refractivity contribution is 6.15. The second-order valence-electron chi connectivity index (χ2n) is 10.2. The van der Waals surface area contributed by atoms with Gasteiger partial charge in [-0.1, -0.05) is 63.2 Å². The molecule has 0 saturated heterocycles. The Balaban J connectivity index is 1.98. The van der Waals surface area contributed by atoms with Crippen molar-refractivity contribution in [3.63, 3.8) is 0 Å². The van der Waals surface area contributed by atoms with Gasteiger partial charge in [0.25, 0.3) is 0 Å². The maximum absolute atomic E-state index is 12.6. The fourth-order valence-electron chi connectivity index (χ4n) is 4.46. The molecule has 36 heavy (non-hydrogen) atoms. The van der Waals surface area contributed by atoms with E-state index in [4.69, 9.17) is 9.47 Å². The number of benzene rings is 3. The Morgan fingerprint density at radius 2 is 1.58 bits per heavy atom. The minimum atomic E-state index is -0.543. The highest BCUT2D eigenvalue weighted by atomic mass is 16.5. The molecule has 1 N–H and O–H groups in total. The summed E-state index contributed by atoms with van der Waals surface area (Å²) in [5.74, 6) is 0.229. The second kappa shape index (κ2) is 10.0. The van der Waals surface area contributed by atoms with Crippen LogP contribution in [0.3, 0.4) is 0 Å². The molecule has 0 aliphatic heterocycles. The molecule has 0 radical (unpaired) electrons. The maximum atomic E-state index is 12.6. The lowest BCUT2D eigenvalue weighted by Crippen LogP contribution is -2.10. The van der Waals surface area contributed by atoms with Crippen molar-refractivity contribution in [3.8, 4) is 28.0 Å². The minimum absolute atomic E-state index is 0.0391. The molecule has 0 spiro atoms. The first-order valence-electron chi connectivity index (χ1n) is 12.3. The van der Waals surface area contributed by atoms with Gasteiger partial charge in [-0.3, -0.25) is 4.79 Å². The van der Waals surface area contributed by atoms with Gasteiger partial charge in [0.1, 0.15) is 11.4 Å². The van der Waals surface area contributed by atoms with E-state index in [1.54, 1.807) is 6.92 Å². The molecule has 0 unspecified atom stereocenters. The number of H-pyrrole nitrogens is 1. The highest BCUT2D eigenvalue weighted by Crippen LogP contribution is 2.41. The third kappa shape index (κ3) is 4.92. The van der Waals surface area contributed by atoms with E-state index in [1.165, 1.54) is 5.56 Å². The lowest BCUT2D eigenvalue weighted by atomic mass is 9.85. The summed E-state index contributed by atoms with van der Waals surface area (Å²) < 4.78 is 11.0. The molecule has 1 aromatic heterocycles. The zero-order valence-corrected chi connectivity index (χ0v) is 21.8. The fourth-order valence-corrected chi connectivity index (χ4v) is 4.46. The summed E-state index contributed by atoms with van der Waals surface area (Å²) in [5.41, 5.74) is 6.24. The number of esters is 1. The van der Waals surface area contributed by atoms with Gasteiger partial charge in [0.05, 0.1) is 18.3 Å². The van der Waals surface area contributed by atoms with E-state index in [-0.39, 0.29) is 23.8 Å². The topological polar surface area (TPSA) is 68.4 Å². The zero-order chi connectivity index (χ0) is 26.0. The Morgan fingerprint density at radius 1 is 0.944 bits per heavy atom. The van der Waals surface area contributed by atoms with Crippen molar-refractivity contribution in [1.29, 1.82) is 0 Å². The van der Waals surface area contributed by atoms with Gasteiger partial charge >= 0.3 is 5.97 Å². The third-order valence-electron chi connectivity index (χ3n) is 6.18. The van der Waals surface area contributed by atoms with Gasteiger partial charge in [0, 0.05) is 10.9 Å². The van der Waals surface area contributed by atoms with Gasteiger partial charge in [-0.2, -0.15) is 0 Å². The van der Waals surface area contributed by atoms with Crippen LogP contribution in [0, 0.1) is 0 Å². The van der Waals surface area contributed by atoms with Gasteiger partial charge in [0.2, 0.25) is 0 Å². The van der Waals surface area contributed by atoms with E-state index in [0.717, 1.165) is 34.3 Å². The van der Waals surface area contributed by atoms with Gasteiger partial charge < -0.3 is 14.5 Å². The quantitative estimate of drug-likeness (QED) is 0.217. The molecule has 3 aromatic carbocycles. The molecular formula is C31H33NO4. The molecule has 0 aliphatic carbocycles. The first-order valence-corrected chi connectivity index (χ1v) is 12.3. The van der Waals surface area contributed by atoms with E-state index in [9.17, 15) is 9.59 Å². The monoisotopic (exact) mass is 483 g/mol. The highest BCUT2D eigenvalue weighted by Gasteiger charge is 2.24. The van der Waals surface area contributed by atoms with Crippen molar-refractivity contribution in [2.24, 2.45) is 0 Å². The van der Waals surface area contributed by atoms with E-state index in [2.05, 4.69) is 50.0 Å². The number of nitrogens with one attached hydrogen (secondary N) is 1. The number of hydrogen-bond acceptors (Lipinski definition) is 4.